The Hall–Kier alpha value is -2.78. The number of rotatable bonds is 12. The molecular weight excluding hydrogens is 568 g/mol. The van der Waals surface area contributed by atoms with Crippen LogP contribution in [0.1, 0.15) is 17.5 Å². The van der Waals surface area contributed by atoms with Gasteiger partial charge < -0.3 is 9.42 Å². The molecule has 0 radical (unpaired) electrons. The highest BCUT2D eigenvalue weighted by Crippen LogP contribution is 2.38. The van der Waals surface area contributed by atoms with Gasteiger partial charge in [0.05, 0.1) is 11.8 Å². The molecule has 0 saturated carbocycles. The lowest BCUT2D eigenvalue weighted by Crippen LogP contribution is -2.32. The van der Waals surface area contributed by atoms with Gasteiger partial charge in [0, 0.05) is 35.1 Å². The van der Waals surface area contributed by atoms with Gasteiger partial charge >= 0.3 is 0 Å². The van der Waals surface area contributed by atoms with Crippen LogP contribution in [0.4, 0.5) is 4.39 Å². The van der Waals surface area contributed by atoms with Crippen molar-refractivity contribution in [1.82, 2.24) is 4.72 Å². The molecule has 1 N–H and O–H groups in total. The van der Waals surface area contributed by atoms with E-state index in [0.717, 1.165) is 69.7 Å². The van der Waals surface area contributed by atoms with Crippen molar-refractivity contribution < 1.29 is 31.4 Å². The van der Waals surface area contributed by atoms with Gasteiger partial charge in [0.15, 0.2) is 20.0 Å². The monoisotopic (exact) mass is 591 g/mol. The number of fused-ring (bicyclic) bond motifs is 1. The molecule has 0 aliphatic heterocycles. The van der Waals surface area contributed by atoms with E-state index in [1.54, 1.807) is 17.8 Å². The van der Waals surface area contributed by atoms with Gasteiger partial charge in [-0.25, -0.2) is 22.1 Å². The lowest BCUT2D eigenvalue weighted by molar-refractivity contribution is -0.696. The molecular formula is C25H23FN3O5PS3. The minimum atomic E-state index is -4.74. The van der Waals surface area contributed by atoms with Gasteiger partial charge in [0.2, 0.25) is 0 Å². The van der Waals surface area contributed by atoms with Crippen molar-refractivity contribution in [3.63, 3.8) is 0 Å². The first-order chi connectivity index (χ1) is 18.1. The Bertz CT molecular complexity index is 1620. The molecule has 2 heterocycles. The molecule has 2 aromatic heterocycles. The molecule has 198 valence electrons. The Morgan fingerprint density at radius 3 is 2.68 bits per heavy atom. The Labute approximate surface area is 228 Å². The van der Waals surface area contributed by atoms with Gasteiger partial charge in [0.25, 0.3) is 10.0 Å². The van der Waals surface area contributed by atoms with Crippen molar-refractivity contribution in [1.29, 1.82) is 5.26 Å². The van der Waals surface area contributed by atoms with Crippen LogP contribution in [-0.4, -0.2) is 20.5 Å². The van der Waals surface area contributed by atoms with Crippen LogP contribution < -0.4 is 18.7 Å². The second-order valence-electron chi connectivity index (χ2n) is 8.22. The zero-order chi connectivity index (χ0) is 27.2. The number of nitriles is 1. The Kier molecular flexibility index (Phi) is 9.20. The number of aromatic nitrogens is 1. The number of hydrogen-bond acceptors (Lipinski definition) is 8. The first-order valence-electron chi connectivity index (χ1n) is 11.4. The van der Waals surface area contributed by atoms with Crippen molar-refractivity contribution >= 4 is 50.8 Å². The van der Waals surface area contributed by atoms with Gasteiger partial charge in [0.1, 0.15) is 28.4 Å². The topological polar surface area (TPSA) is 123 Å². The second-order valence-corrected chi connectivity index (χ2v) is 14.1. The second kappa shape index (κ2) is 12.4. The maximum Gasteiger partial charge on any atom is 0.250 e. The summed E-state index contributed by atoms with van der Waals surface area (Å²) in [6.45, 7) is 0.942. The van der Waals surface area contributed by atoms with E-state index in [-0.39, 0.29) is 15.5 Å². The first-order valence-corrected chi connectivity index (χ1v) is 16.6. The quantitative estimate of drug-likeness (QED) is 0.147. The average Bonchev–Trinajstić information content (AvgIpc) is 3.33. The van der Waals surface area contributed by atoms with Crippen LogP contribution in [0.25, 0.3) is 10.1 Å². The number of thiophene rings is 1. The van der Waals surface area contributed by atoms with E-state index in [2.05, 4.69) is 4.57 Å². The number of halogens is 1. The lowest BCUT2D eigenvalue weighted by Gasteiger charge is -2.24. The number of nitrogens with zero attached hydrogens (tertiary/aromatic N) is 2. The van der Waals surface area contributed by atoms with Crippen molar-refractivity contribution in [2.45, 2.75) is 22.9 Å². The van der Waals surface area contributed by atoms with Gasteiger partial charge in [-0.05, 0) is 47.0 Å². The third kappa shape index (κ3) is 7.63. The van der Waals surface area contributed by atoms with Gasteiger partial charge in [-0.15, -0.1) is 11.3 Å². The number of sulfonamides is 1. The van der Waals surface area contributed by atoms with Gasteiger partial charge in [-0.1, -0.05) is 12.1 Å². The summed E-state index contributed by atoms with van der Waals surface area (Å²) >= 11 is 2.83. The van der Waals surface area contributed by atoms with Crippen LogP contribution in [-0.2, 0) is 26.9 Å². The van der Waals surface area contributed by atoms with Crippen LogP contribution >= 0.6 is 30.7 Å². The summed E-state index contributed by atoms with van der Waals surface area (Å²) in [6.07, 6.45) is 4.08. The maximum atomic E-state index is 13.7. The highest BCUT2D eigenvalue weighted by Gasteiger charge is 2.21. The van der Waals surface area contributed by atoms with E-state index >= 15 is 0 Å². The highest BCUT2D eigenvalue weighted by molar-refractivity contribution is 7.98. The summed E-state index contributed by atoms with van der Waals surface area (Å²) < 4.78 is 61.2. The van der Waals surface area contributed by atoms with Gasteiger partial charge in [-0.2, -0.15) is 17.0 Å². The fraction of sp³-hybridized carbons (Fsp3) is 0.200. The minimum Gasteiger partial charge on any atom is -0.768 e. The molecule has 0 aliphatic carbocycles. The van der Waals surface area contributed by atoms with Crippen molar-refractivity contribution in [3.8, 4) is 11.8 Å². The average molecular weight is 592 g/mol. The lowest BCUT2D eigenvalue weighted by atomic mass is 10.2. The third-order valence-corrected chi connectivity index (χ3v) is 10.7. The predicted molar refractivity (Wildman–Crippen MR) is 144 cm³/mol. The molecule has 13 heteroatoms. The summed E-state index contributed by atoms with van der Waals surface area (Å²) in [5.41, 5.74) is 0.795. The summed E-state index contributed by atoms with van der Waals surface area (Å²) in [5.74, 6) is 0.475. The Balaban J connectivity index is 1.33. The predicted octanol–water partition coefficient (Wildman–Crippen LogP) is 4.39. The summed E-state index contributed by atoms with van der Waals surface area (Å²) in [7, 11) is -8.88. The third-order valence-electron chi connectivity index (χ3n) is 5.33. The van der Waals surface area contributed by atoms with Crippen LogP contribution in [0.15, 0.2) is 77.3 Å². The summed E-state index contributed by atoms with van der Waals surface area (Å²) in [6, 6.07) is 17.8. The molecule has 0 saturated heterocycles. The molecule has 0 aliphatic rings. The molecule has 0 spiro atoms. The van der Waals surface area contributed by atoms with Crippen LogP contribution in [0.2, 0.25) is 0 Å². The molecule has 0 amide bonds. The number of aryl methyl sites for hydroxylation is 1. The summed E-state index contributed by atoms with van der Waals surface area (Å²) in [5, 5.41) is 9.51. The Morgan fingerprint density at radius 1 is 1.16 bits per heavy atom. The van der Waals surface area contributed by atoms with E-state index in [9.17, 15) is 22.3 Å². The molecule has 0 fully saturated rings. The number of hydrogen-bond donors (Lipinski definition) is 1. The first kappa shape index (κ1) is 28.2. The largest absolute Gasteiger partial charge is 0.768 e. The zero-order valence-corrected chi connectivity index (χ0v) is 23.3. The fourth-order valence-electron chi connectivity index (χ4n) is 3.48. The number of thioether (sulfide) groups is 1. The van der Waals surface area contributed by atoms with Crippen molar-refractivity contribution in [2.24, 2.45) is 0 Å². The van der Waals surface area contributed by atoms with Crippen molar-refractivity contribution in [2.75, 3.05) is 12.0 Å². The van der Waals surface area contributed by atoms with Crippen LogP contribution in [0.3, 0.4) is 0 Å². The van der Waals surface area contributed by atoms with E-state index in [1.165, 1.54) is 6.07 Å². The Morgan fingerprint density at radius 2 is 1.95 bits per heavy atom. The van der Waals surface area contributed by atoms with E-state index in [1.807, 2.05) is 53.5 Å². The molecule has 4 rings (SSSR count). The molecule has 38 heavy (non-hydrogen) atoms. The van der Waals surface area contributed by atoms with Gasteiger partial charge in [-0.3, -0.25) is 4.57 Å². The van der Waals surface area contributed by atoms with Crippen LogP contribution in [0, 0.1) is 17.1 Å². The molecule has 4 aromatic rings. The van der Waals surface area contributed by atoms with Crippen LogP contribution in [0.5, 0.6) is 5.75 Å². The van der Waals surface area contributed by atoms with E-state index in [4.69, 9.17) is 9.79 Å². The molecule has 1 atom stereocenters. The normalized spacial score (nSPS) is 13.2. The molecule has 2 aromatic carbocycles. The van der Waals surface area contributed by atoms with Crippen molar-refractivity contribution in [3.05, 3.63) is 90.0 Å². The molecule has 8 nitrogen and oxygen atoms in total. The number of pyridine rings is 1. The summed E-state index contributed by atoms with van der Waals surface area (Å²) in [4.78, 5) is 12.3. The van der Waals surface area contributed by atoms with E-state index in [0.29, 0.717) is 0 Å². The fourth-order valence-corrected chi connectivity index (χ4v) is 8.27. The zero-order valence-electron chi connectivity index (χ0n) is 19.9. The number of nitrogens with one attached hydrogen (secondary N) is 1. The highest BCUT2D eigenvalue weighted by atomic mass is 32.2. The maximum absolute atomic E-state index is 13.7. The molecule has 1 unspecified atom stereocenters. The number of benzene rings is 2. The standard InChI is InChI=1S/C25H23FN3O5PS3/c26-23-15-22(7-6-20(23)16-27)34-35(30,31)18-28-38(32,33)25-14-21-13-19(5-8-24(21)37-25)17-36-12-4-11-29-9-2-1-3-10-29/h1-3,5-10,13-15,28H,4,11-12,17-18H2. The SMILES string of the molecule is N#Cc1ccc(OP(=O)([O-])CNS(=O)(=O)c2cc3cc(CSCCC[n+]4ccccc4)ccc3s2)cc1F. The smallest absolute Gasteiger partial charge is 0.250 e. The minimum absolute atomic E-state index is 0.0263. The molecule has 0 bridgehead atoms. The van der Waals surface area contributed by atoms with E-state index < -0.39 is 29.7 Å².